The van der Waals surface area contributed by atoms with Crippen LogP contribution in [0.2, 0.25) is 0 Å². The lowest BCUT2D eigenvalue weighted by Crippen LogP contribution is -2.34. The first-order valence-electron chi connectivity index (χ1n) is 10.5. The van der Waals surface area contributed by atoms with Crippen molar-refractivity contribution in [2.24, 2.45) is 5.10 Å². The van der Waals surface area contributed by atoms with Gasteiger partial charge in [-0.1, -0.05) is 12.1 Å². The van der Waals surface area contributed by atoms with Gasteiger partial charge in [-0.15, -0.1) is 0 Å². The van der Waals surface area contributed by atoms with Crippen molar-refractivity contribution < 1.29 is 4.39 Å². The third-order valence-corrected chi connectivity index (χ3v) is 5.48. The number of anilines is 3. The SMILES string of the molecule is C/C(=N\Nc1nc(N2CCCCC2)nc(N2CCCCC2)n1)c1ccc(F)cc1. The van der Waals surface area contributed by atoms with E-state index in [-0.39, 0.29) is 5.82 Å². The maximum Gasteiger partial charge on any atom is 0.250 e. The summed E-state index contributed by atoms with van der Waals surface area (Å²) in [6.45, 7) is 5.77. The van der Waals surface area contributed by atoms with Gasteiger partial charge in [-0.05, 0) is 63.1 Å². The van der Waals surface area contributed by atoms with Crippen LogP contribution < -0.4 is 15.2 Å². The summed E-state index contributed by atoms with van der Waals surface area (Å²) in [6.07, 6.45) is 7.16. The highest BCUT2D eigenvalue weighted by atomic mass is 19.1. The summed E-state index contributed by atoms with van der Waals surface area (Å²) < 4.78 is 13.2. The Labute approximate surface area is 171 Å². The molecule has 2 fully saturated rings. The summed E-state index contributed by atoms with van der Waals surface area (Å²) in [5, 5.41) is 4.42. The molecule has 29 heavy (non-hydrogen) atoms. The van der Waals surface area contributed by atoms with Gasteiger partial charge < -0.3 is 9.80 Å². The van der Waals surface area contributed by atoms with E-state index >= 15 is 0 Å². The zero-order chi connectivity index (χ0) is 20.1. The van der Waals surface area contributed by atoms with Crippen LogP contribution in [-0.4, -0.2) is 46.8 Å². The minimum absolute atomic E-state index is 0.260. The summed E-state index contributed by atoms with van der Waals surface area (Å²) in [7, 11) is 0. The maximum atomic E-state index is 13.2. The molecule has 0 bridgehead atoms. The van der Waals surface area contributed by atoms with E-state index in [9.17, 15) is 4.39 Å². The largest absolute Gasteiger partial charge is 0.341 e. The predicted octanol–water partition coefficient (Wildman–Crippen LogP) is 3.83. The monoisotopic (exact) mass is 397 g/mol. The molecular formula is C21H28FN7. The number of hydrogen-bond donors (Lipinski definition) is 1. The molecule has 1 N–H and O–H groups in total. The van der Waals surface area contributed by atoms with Gasteiger partial charge in [0.2, 0.25) is 17.8 Å². The minimum Gasteiger partial charge on any atom is -0.341 e. The lowest BCUT2D eigenvalue weighted by atomic mass is 10.1. The average molecular weight is 398 g/mol. The molecule has 8 heteroatoms. The minimum atomic E-state index is -0.260. The summed E-state index contributed by atoms with van der Waals surface area (Å²) in [6, 6.07) is 6.28. The molecule has 0 saturated carbocycles. The van der Waals surface area contributed by atoms with Gasteiger partial charge in [-0.25, -0.2) is 9.82 Å². The van der Waals surface area contributed by atoms with E-state index in [0.717, 1.165) is 75.0 Å². The number of hydrogen-bond acceptors (Lipinski definition) is 7. The van der Waals surface area contributed by atoms with Crippen LogP contribution in [0.1, 0.15) is 51.0 Å². The number of aromatic nitrogens is 3. The maximum absolute atomic E-state index is 13.2. The fourth-order valence-electron chi connectivity index (χ4n) is 3.76. The van der Waals surface area contributed by atoms with Crippen LogP contribution in [-0.2, 0) is 0 Å². The normalized spacial score (nSPS) is 18.1. The van der Waals surface area contributed by atoms with E-state index in [4.69, 9.17) is 4.98 Å². The van der Waals surface area contributed by atoms with Crippen LogP contribution in [0.5, 0.6) is 0 Å². The van der Waals surface area contributed by atoms with Gasteiger partial charge in [0.15, 0.2) is 0 Å². The second-order valence-corrected chi connectivity index (χ2v) is 7.67. The van der Waals surface area contributed by atoms with Crippen LogP contribution >= 0.6 is 0 Å². The molecule has 7 nitrogen and oxygen atoms in total. The van der Waals surface area contributed by atoms with E-state index in [1.807, 2.05) is 6.92 Å². The number of piperidine rings is 2. The van der Waals surface area contributed by atoms with Gasteiger partial charge in [0.1, 0.15) is 5.82 Å². The summed E-state index contributed by atoms with van der Waals surface area (Å²) in [4.78, 5) is 18.5. The molecule has 1 aromatic heterocycles. The van der Waals surface area contributed by atoms with Crippen molar-refractivity contribution in [3.05, 3.63) is 35.6 Å². The molecule has 0 aliphatic carbocycles. The smallest absolute Gasteiger partial charge is 0.250 e. The van der Waals surface area contributed by atoms with Crippen molar-refractivity contribution in [2.75, 3.05) is 41.4 Å². The number of rotatable bonds is 5. The molecule has 2 saturated heterocycles. The Kier molecular flexibility index (Phi) is 6.17. The standard InChI is InChI=1S/C21H28FN7/c1-16(17-8-10-18(22)11-9-17)26-27-19-23-20(28-12-4-2-5-13-28)25-21(24-19)29-14-6-3-7-15-29/h8-11H,2-7,12-15H2,1H3,(H,23,24,25,27)/b26-16+. The topological polar surface area (TPSA) is 69.5 Å². The first-order chi connectivity index (χ1) is 14.2. The molecule has 2 aliphatic rings. The highest BCUT2D eigenvalue weighted by molar-refractivity contribution is 5.98. The summed E-state index contributed by atoms with van der Waals surface area (Å²) >= 11 is 0. The van der Waals surface area contributed by atoms with Crippen molar-refractivity contribution >= 4 is 23.6 Å². The lowest BCUT2D eigenvalue weighted by molar-refractivity contribution is 0.556. The first kappa shape index (κ1) is 19.5. The Morgan fingerprint density at radius 1 is 0.828 bits per heavy atom. The Balaban J connectivity index is 1.58. The summed E-state index contributed by atoms with van der Waals surface area (Å²) in [5.74, 6) is 1.63. The Bertz CT molecular complexity index is 804. The van der Waals surface area contributed by atoms with Crippen molar-refractivity contribution in [1.29, 1.82) is 0 Å². The molecule has 1 aromatic carbocycles. The number of nitrogens with one attached hydrogen (secondary N) is 1. The third-order valence-electron chi connectivity index (χ3n) is 5.48. The second-order valence-electron chi connectivity index (χ2n) is 7.67. The highest BCUT2D eigenvalue weighted by Gasteiger charge is 2.20. The predicted molar refractivity (Wildman–Crippen MR) is 114 cm³/mol. The van der Waals surface area contributed by atoms with E-state index in [0.29, 0.717) is 5.95 Å². The van der Waals surface area contributed by atoms with Gasteiger partial charge in [0.05, 0.1) is 5.71 Å². The molecular weight excluding hydrogens is 369 g/mol. The van der Waals surface area contributed by atoms with E-state index in [2.05, 4.69) is 30.3 Å². The van der Waals surface area contributed by atoms with Crippen molar-refractivity contribution in [2.45, 2.75) is 45.4 Å². The van der Waals surface area contributed by atoms with Crippen LogP contribution in [0, 0.1) is 5.82 Å². The fourth-order valence-corrected chi connectivity index (χ4v) is 3.76. The molecule has 4 rings (SSSR count). The molecule has 2 aliphatic heterocycles. The number of hydrazone groups is 1. The van der Waals surface area contributed by atoms with Gasteiger partial charge >= 0.3 is 0 Å². The first-order valence-corrected chi connectivity index (χ1v) is 10.5. The van der Waals surface area contributed by atoms with Crippen molar-refractivity contribution in [3.63, 3.8) is 0 Å². The van der Waals surface area contributed by atoms with Crippen LogP contribution in [0.3, 0.4) is 0 Å². The van der Waals surface area contributed by atoms with E-state index in [1.54, 1.807) is 12.1 Å². The quantitative estimate of drug-likeness (QED) is 0.611. The van der Waals surface area contributed by atoms with Crippen molar-refractivity contribution in [1.82, 2.24) is 15.0 Å². The highest BCUT2D eigenvalue weighted by Crippen LogP contribution is 2.22. The van der Waals surface area contributed by atoms with Gasteiger partial charge in [-0.3, -0.25) is 0 Å². The van der Waals surface area contributed by atoms with Crippen molar-refractivity contribution in [3.8, 4) is 0 Å². The number of nitrogens with zero attached hydrogens (tertiary/aromatic N) is 6. The van der Waals surface area contributed by atoms with Crippen LogP contribution in [0.4, 0.5) is 22.2 Å². The number of benzene rings is 1. The molecule has 0 spiro atoms. The van der Waals surface area contributed by atoms with Gasteiger partial charge in [0, 0.05) is 26.2 Å². The number of halogens is 1. The zero-order valence-corrected chi connectivity index (χ0v) is 16.9. The molecule has 0 radical (unpaired) electrons. The molecule has 0 amide bonds. The molecule has 154 valence electrons. The van der Waals surface area contributed by atoms with Gasteiger partial charge in [-0.2, -0.15) is 20.1 Å². The Morgan fingerprint density at radius 3 is 1.86 bits per heavy atom. The van der Waals surface area contributed by atoms with Crippen LogP contribution in [0.15, 0.2) is 29.4 Å². The Hall–Kier alpha value is -2.77. The van der Waals surface area contributed by atoms with E-state index < -0.39 is 0 Å². The van der Waals surface area contributed by atoms with Crippen LogP contribution in [0.25, 0.3) is 0 Å². The lowest BCUT2D eigenvalue weighted by Gasteiger charge is -2.30. The summed E-state index contributed by atoms with van der Waals surface area (Å²) in [5.41, 5.74) is 4.58. The zero-order valence-electron chi connectivity index (χ0n) is 16.9. The van der Waals surface area contributed by atoms with E-state index in [1.165, 1.54) is 25.0 Å². The average Bonchev–Trinajstić information content (AvgIpc) is 2.79. The molecule has 0 atom stereocenters. The second kappa shape index (κ2) is 9.15. The Morgan fingerprint density at radius 2 is 1.34 bits per heavy atom. The molecule has 2 aromatic rings. The third kappa shape index (κ3) is 4.99. The van der Waals surface area contributed by atoms with Gasteiger partial charge in [0.25, 0.3) is 0 Å². The fraction of sp³-hybridized carbons (Fsp3) is 0.524. The molecule has 3 heterocycles. The molecule has 0 unspecified atom stereocenters.